The third kappa shape index (κ3) is 3.02. The summed E-state index contributed by atoms with van der Waals surface area (Å²) >= 11 is 0. The first-order valence-electron chi connectivity index (χ1n) is 6.82. The van der Waals surface area contributed by atoms with E-state index in [1.807, 2.05) is 24.3 Å². The summed E-state index contributed by atoms with van der Waals surface area (Å²) in [5, 5.41) is 12.7. The molecule has 0 aliphatic carbocycles. The number of nitrogens with one attached hydrogen (secondary N) is 1. The van der Waals surface area contributed by atoms with E-state index in [4.69, 9.17) is 0 Å². The van der Waals surface area contributed by atoms with Crippen molar-refractivity contribution in [3.8, 4) is 6.07 Å². The zero-order chi connectivity index (χ0) is 12.8. The second kappa shape index (κ2) is 6.42. The normalized spacial score (nSPS) is 19.2. The Morgan fingerprint density at radius 2 is 2.22 bits per heavy atom. The van der Waals surface area contributed by atoms with Crippen molar-refractivity contribution in [3.63, 3.8) is 0 Å². The fourth-order valence-electron chi connectivity index (χ4n) is 2.59. The molecule has 1 aromatic carbocycles. The molecule has 1 atom stereocenters. The molecule has 18 heavy (non-hydrogen) atoms. The average molecular weight is 243 g/mol. The second-order valence-corrected chi connectivity index (χ2v) is 4.81. The van der Waals surface area contributed by atoms with Gasteiger partial charge in [0.2, 0.25) is 0 Å². The summed E-state index contributed by atoms with van der Waals surface area (Å²) in [6, 6.07) is 10.7. The van der Waals surface area contributed by atoms with Crippen molar-refractivity contribution >= 4 is 5.69 Å². The Morgan fingerprint density at radius 1 is 1.39 bits per heavy atom. The van der Waals surface area contributed by atoms with E-state index in [1.165, 1.54) is 19.3 Å². The summed E-state index contributed by atoms with van der Waals surface area (Å²) in [4.78, 5) is 2.31. The predicted octanol–water partition coefficient (Wildman–Crippen LogP) is 2.53. The van der Waals surface area contributed by atoms with Gasteiger partial charge in [-0.1, -0.05) is 18.6 Å². The zero-order valence-electron chi connectivity index (χ0n) is 11.0. The highest BCUT2D eigenvalue weighted by atomic mass is 15.2. The third-order valence-corrected chi connectivity index (χ3v) is 3.60. The molecule has 2 rings (SSSR count). The molecule has 1 saturated heterocycles. The fraction of sp³-hybridized carbons (Fsp3) is 0.533. The third-order valence-electron chi connectivity index (χ3n) is 3.60. The number of nitriles is 1. The van der Waals surface area contributed by atoms with E-state index in [0.29, 0.717) is 6.04 Å². The van der Waals surface area contributed by atoms with E-state index >= 15 is 0 Å². The lowest BCUT2D eigenvalue weighted by molar-refractivity contribution is 0.400. The highest BCUT2D eigenvalue weighted by Gasteiger charge is 2.17. The minimum Gasteiger partial charge on any atom is -0.369 e. The van der Waals surface area contributed by atoms with Gasteiger partial charge in [0.15, 0.2) is 0 Å². The van der Waals surface area contributed by atoms with Crippen LogP contribution in [-0.2, 0) is 0 Å². The Balaban J connectivity index is 2.10. The molecule has 3 nitrogen and oxygen atoms in total. The zero-order valence-corrected chi connectivity index (χ0v) is 11.0. The van der Waals surface area contributed by atoms with Crippen LogP contribution in [0.5, 0.6) is 0 Å². The Morgan fingerprint density at radius 3 is 2.89 bits per heavy atom. The molecule has 1 unspecified atom stereocenters. The van der Waals surface area contributed by atoms with E-state index in [0.717, 1.165) is 30.9 Å². The van der Waals surface area contributed by atoms with Crippen molar-refractivity contribution in [2.45, 2.75) is 32.2 Å². The molecule has 0 bridgehead atoms. The number of likely N-dealkylation sites (N-methyl/N-ethyl adjacent to an activating group) is 1. The van der Waals surface area contributed by atoms with Crippen molar-refractivity contribution in [1.82, 2.24) is 5.32 Å². The summed E-state index contributed by atoms with van der Waals surface area (Å²) in [5.41, 5.74) is 1.84. The molecule has 1 aliphatic rings. The van der Waals surface area contributed by atoms with E-state index in [9.17, 15) is 5.26 Å². The highest BCUT2D eigenvalue weighted by molar-refractivity contribution is 5.59. The molecule has 1 heterocycles. The van der Waals surface area contributed by atoms with Crippen molar-refractivity contribution in [2.75, 3.05) is 24.5 Å². The molecular formula is C15H21N3. The van der Waals surface area contributed by atoms with E-state index < -0.39 is 0 Å². The number of benzene rings is 1. The van der Waals surface area contributed by atoms with Crippen molar-refractivity contribution < 1.29 is 0 Å². The SMILES string of the molecule is CCN(CC1CCCCN1)c1ccccc1C#N. The summed E-state index contributed by atoms with van der Waals surface area (Å²) in [5.74, 6) is 0. The first kappa shape index (κ1) is 12.9. The van der Waals surface area contributed by atoms with Gasteiger partial charge in [-0.2, -0.15) is 5.26 Å². The van der Waals surface area contributed by atoms with Gasteiger partial charge < -0.3 is 10.2 Å². The molecule has 3 heteroatoms. The average Bonchev–Trinajstić information content (AvgIpc) is 2.46. The summed E-state index contributed by atoms with van der Waals surface area (Å²) in [6.07, 6.45) is 3.84. The lowest BCUT2D eigenvalue weighted by Crippen LogP contribution is -2.43. The number of piperidine rings is 1. The van der Waals surface area contributed by atoms with Crippen LogP contribution in [0.1, 0.15) is 31.7 Å². The van der Waals surface area contributed by atoms with Crippen LogP contribution in [-0.4, -0.2) is 25.7 Å². The van der Waals surface area contributed by atoms with Crippen LogP contribution in [0.2, 0.25) is 0 Å². The fourth-order valence-corrected chi connectivity index (χ4v) is 2.59. The number of para-hydroxylation sites is 1. The van der Waals surface area contributed by atoms with Crippen molar-refractivity contribution in [2.24, 2.45) is 0 Å². The van der Waals surface area contributed by atoms with Crippen LogP contribution in [0.25, 0.3) is 0 Å². The lowest BCUT2D eigenvalue weighted by Gasteiger charge is -2.31. The van der Waals surface area contributed by atoms with Gasteiger partial charge in [-0.05, 0) is 38.4 Å². The molecule has 1 fully saturated rings. The summed E-state index contributed by atoms with van der Waals surface area (Å²) in [6.45, 7) is 5.21. The van der Waals surface area contributed by atoms with Crippen LogP contribution >= 0.6 is 0 Å². The quantitative estimate of drug-likeness (QED) is 0.883. The second-order valence-electron chi connectivity index (χ2n) is 4.81. The molecule has 1 aliphatic heterocycles. The molecule has 0 spiro atoms. The number of hydrogen-bond acceptors (Lipinski definition) is 3. The Hall–Kier alpha value is -1.53. The van der Waals surface area contributed by atoms with E-state index in [-0.39, 0.29) is 0 Å². The first-order chi connectivity index (χ1) is 8.85. The van der Waals surface area contributed by atoms with E-state index in [2.05, 4.69) is 23.2 Å². The summed E-state index contributed by atoms with van der Waals surface area (Å²) < 4.78 is 0. The maximum Gasteiger partial charge on any atom is 0.101 e. The Labute approximate surface area is 109 Å². The first-order valence-corrected chi connectivity index (χ1v) is 6.82. The maximum atomic E-state index is 9.18. The van der Waals surface area contributed by atoms with Crippen LogP contribution in [0.15, 0.2) is 24.3 Å². The van der Waals surface area contributed by atoms with Gasteiger partial charge >= 0.3 is 0 Å². The highest BCUT2D eigenvalue weighted by Crippen LogP contribution is 2.20. The monoisotopic (exact) mass is 243 g/mol. The van der Waals surface area contributed by atoms with Crippen molar-refractivity contribution in [3.05, 3.63) is 29.8 Å². The number of hydrogen-bond donors (Lipinski definition) is 1. The minimum atomic E-state index is 0.561. The van der Waals surface area contributed by atoms with Gasteiger partial charge in [-0.3, -0.25) is 0 Å². The largest absolute Gasteiger partial charge is 0.369 e. The Bertz CT molecular complexity index is 416. The lowest BCUT2D eigenvalue weighted by atomic mass is 10.0. The van der Waals surface area contributed by atoms with E-state index in [1.54, 1.807) is 0 Å². The molecule has 0 aromatic heterocycles. The number of anilines is 1. The molecule has 1 aromatic rings. The molecular weight excluding hydrogens is 222 g/mol. The van der Waals surface area contributed by atoms with Gasteiger partial charge in [0.1, 0.15) is 6.07 Å². The number of nitrogens with zero attached hydrogens (tertiary/aromatic N) is 2. The maximum absolute atomic E-state index is 9.18. The molecule has 0 saturated carbocycles. The van der Waals surface area contributed by atoms with Gasteiger partial charge in [0.05, 0.1) is 11.3 Å². The molecule has 1 N–H and O–H groups in total. The standard InChI is InChI=1S/C15H21N3/c1-2-18(12-14-8-5-6-10-17-14)15-9-4-3-7-13(15)11-16/h3-4,7,9,14,17H,2,5-6,8,10,12H2,1H3. The summed E-state index contributed by atoms with van der Waals surface area (Å²) in [7, 11) is 0. The van der Waals surface area contributed by atoms with Gasteiger partial charge in [-0.15, -0.1) is 0 Å². The van der Waals surface area contributed by atoms with Crippen LogP contribution < -0.4 is 10.2 Å². The topological polar surface area (TPSA) is 39.1 Å². The van der Waals surface area contributed by atoms with Gasteiger partial charge in [-0.25, -0.2) is 0 Å². The van der Waals surface area contributed by atoms with Gasteiger partial charge in [0, 0.05) is 19.1 Å². The van der Waals surface area contributed by atoms with Crippen LogP contribution in [0.4, 0.5) is 5.69 Å². The van der Waals surface area contributed by atoms with Gasteiger partial charge in [0.25, 0.3) is 0 Å². The molecule has 0 amide bonds. The van der Waals surface area contributed by atoms with Crippen LogP contribution in [0, 0.1) is 11.3 Å². The number of rotatable bonds is 4. The van der Waals surface area contributed by atoms with Crippen LogP contribution in [0.3, 0.4) is 0 Å². The minimum absolute atomic E-state index is 0.561. The smallest absolute Gasteiger partial charge is 0.101 e. The predicted molar refractivity (Wildman–Crippen MR) is 74.7 cm³/mol. The molecule has 96 valence electrons. The Kier molecular flexibility index (Phi) is 4.60. The molecule has 0 radical (unpaired) electrons. The van der Waals surface area contributed by atoms with Crippen molar-refractivity contribution in [1.29, 1.82) is 5.26 Å².